The lowest BCUT2D eigenvalue weighted by molar-refractivity contribution is -0.137. The van der Waals surface area contributed by atoms with E-state index >= 15 is 0 Å². The number of pyridine rings is 1. The first-order valence-corrected chi connectivity index (χ1v) is 8.38. The summed E-state index contributed by atoms with van der Waals surface area (Å²) in [5.41, 5.74) is -0.378. The highest BCUT2D eigenvalue weighted by molar-refractivity contribution is 5.95. The maximum absolute atomic E-state index is 14.3. The van der Waals surface area contributed by atoms with E-state index < -0.39 is 29.5 Å². The van der Waals surface area contributed by atoms with Crippen molar-refractivity contribution in [1.82, 2.24) is 10.3 Å². The molecule has 8 heteroatoms. The van der Waals surface area contributed by atoms with Crippen LogP contribution in [-0.2, 0) is 6.18 Å². The molecule has 146 valence electrons. The highest BCUT2D eigenvalue weighted by atomic mass is 19.4. The normalized spacial score (nSPS) is 12.1. The zero-order valence-electron chi connectivity index (χ0n) is 14.7. The molecule has 2 aromatic carbocycles. The summed E-state index contributed by atoms with van der Waals surface area (Å²) in [6.45, 7) is 0. The van der Waals surface area contributed by atoms with Gasteiger partial charge in [-0.1, -0.05) is 18.2 Å². The number of alkyl halides is 3. The number of hydrogen-bond acceptors (Lipinski definition) is 3. The Balaban J connectivity index is 1.99. The van der Waals surface area contributed by atoms with Gasteiger partial charge in [0.2, 0.25) is 0 Å². The van der Waals surface area contributed by atoms with Crippen molar-refractivity contribution in [1.29, 1.82) is 5.26 Å². The van der Waals surface area contributed by atoms with E-state index in [4.69, 9.17) is 5.26 Å². The summed E-state index contributed by atoms with van der Waals surface area (Å²) in [7, 11) is 0. The minimum Gasteiger partial charge on any atom is -0.339 e. The van der Waals surface area contributed by atoms with Crippen molar-refractivity contribution in [2.24, 2.45) is 0 Å². The zero-order valence-corrected chi connectivity index (χ0v) is 14.7. The molecule has 1 atom stereocenters. The van der Waals surface area contributed by atoms with Crippen molar-refractivity contribution in [2.75, 3.05) is 0 Å². The Labute approximate surface area is 163 Å². The molecule has 1 N–H and O–H groups in total. The molecule has 0 aliphatic heterocycles. The lowest BCUT2D eigenvalue weighted by atomic mass is 10.00. The van der Waals surface area contributed by atoms with Gasteiger partial charge in [0.05, 0.1) is 23.2 Å². The van der Waals surface area contributed by atoms with Crippen LogP contribution >= 0.6 is 0 Å². The largest absolute Gasteiger partial charge is 0.416 e. The van der Waals surface area contributed by atoms with Crippen molar-refractivity contribution in [3.8, 4) is 6.07 Å². The second kappa shape index (κ2) is 8.10. The Kier molecular flexibility index (Phi) is 5.59. The minimum atomic E-state index is -4.52. The monoisotopic (exact) mass is 399 g/mol. The molecule has 0 aliphatic rings. The molecular formula is C21H13F4N3O. The van der Waals surface area contributed by atoms with Crippen molar-refractivity contribution in [3.63, 3.8) is 0 Å². The number of aromatic nitrogens is 1. The summed E-state index contributed by atoms with van der Waals surface area (Å²) >= 11 is 0. The molecule has 0 saturated carbocycles. The Bertz CT molecular complexity index is 1070. The molecule has 3 aromatic rings. The van der Waals surface area contributed by atoms with Crippen LogP contribution in [0.25, 0.3) is 0 Å². The topological polar surface area (TPSA) is 65.8 Å². The van der Waals surface area contributed by atoms with Gasteiger partial charge in [-0.05, 0) is 48.0 Å². The van der Waals surface area contributed by atoms with Crippen LogP contribution < -0.4 is 5.32 Å². The number of halogens is 4. The maximum atomic E-state index is 14.3. The molecular weight excluding hydrogens is 386 g/mol. The van der Waals surface area contributed by atoms with Gasteiger partial charge in [-0.15, -0.1) is 0 Å². The van der Waals surface area contributed by atoms with Gasteiger partial charge in [-0.25, -0.2) is 4.39 Å². The zero-order chi connectivity index (χ0) is 21.0. The molecule has 0 unspecified atom stereocenters. The van der Waals surface area contributed by atoms with Gasteiger partial charge in [-0.2, -0.15) is 18.4 Å². The molecule has 0 aliphatic carbocycles. The van der Waals surface area contributed by atoms with Crippen LogP contribution in [0.15, 0.2) is 66.9 Å². The van der Waals surface area contributed by atoms with E-state index in [1.54, 1.807) is 0 Å². The molecule has 0 saturated heterocycles. The molecule has 0 radical (unpaired) electrons. The lowest BCUT2D eigenvalue weighted by Gasteiger charge is -2.20. The molecule has 3 rings (SSSR count). The Hall–Kier alpha value is -3.73. The van der Waals surface area contributed by atoms with E-state index in [1.807, 2.05) is 6.07 Å². The summed E-state index contributed by atoms with van der Waals surface area (Å²) in [5.74, 6) is -1.35. The van der Waals surface area contributed by atoms with Crippen molar-refractivity contribution < 1.29 is 22.4 Å². The number of nitriles is 1. The smallest absolute Gasteiger partial charge is 0.339 e. The van der Waals surface area contributed by atoms with Gasteiger partial charge < -0.3 is 5.32 Å². The number of nitrogens with one attached hydrogen (secondary N) is 1. The first-order chi connectivity index (χ1) is 13.8. The number of carbonyl (C=O) groups excluding carboxylic acids is 1. The van der Waals surface area contributed by atoms with E-state index in [0.717, 1.165) is 30.3 Å². The third-order valence-corrected chi connectivity index (χ3v) is 4.16. The van der Waals surface area contributed by atoms with Gasteiger partial charge in [0.25, 0.3) is 5.91 Å². The number of carbonyl (C=O) groups is 1. The second-order valence-corrected chi connectivity index (χ2v) is 6.09. The first-order valence-electron chi connectivity index (χ1n) is 8.38. The number of hydrogen-bond donors (Lipinski definition) is 1. The SMILES string of the molecule is N#Cc1cccc(C(=O)N[C@@H](c2ccc(C(F)(F)F)cc2)c2ncccc2F)c1. The van der Waals surface area contributed by atoms with E-state index in [0.29, 0.717) is 0 Å². The fourth-order valence-electron chi connectivity index (χ4n) is 2.73. The van der Waals surface area contributed by atoms with E-state index in [2.05, 4.69) is 10.3 Å². The summed E-state index contributed by atoms with van der Waals surface area (Å²) in [5, 5.41) is 11.6. The number of nitrogens with zero attached hydrogens (tertiary/aromatic N) is 2. The summed E-state index contributed by atoms with van der Waals surface area (Å²) in [6.07, 6.45) is -3.21. The average molecular weight is 399 g/mol. The van der Waals surface area contributed by atoms with Crippen LogP contribution in [-0.4, -0.2) is 10.9 Å². The second-order valence-electron chi connectivity index (χ2n) is 6.09. The minimum absolute atomic E-state index is 0.142. The van der Waals surface area contributed by atoms with E-state index in [-0.39, 0.29) is 22.4 Å². The molecule has 29 heavy (non-hydrogen) atoms. The standard InChI is InChI=1S/C21H13F4N3O/c22-17-5-2-10-27-19(17)18(14-6-8-16(9-7-14)21(23,24)25)28-20(29)15-4-1-3-13(11-15)12-26/h1-11,18H,(H,28,29)/t18-/m0/s1. The van der Waals surface area contributed by atoms with Crippen LogP contribution in [0.4, 0.5) is 17.6 Å². The third kappa shape index (κ3) is 4.58. The van der Waals surface area contributed by atoms with Crippen molar-refractivity contribution >= 4 is 5.91 Å². The molecule has 1 aromatic heterocycles. The van der Waals surface area contributed by atoms with Crippen molar-refractivity contribution in [3.05, 3.63) is 101 Å². The molecule has 1 heterocycles. The predicted molar refractivity (Wildman–Crippen MR) is 96.1 cm³/mol. The number of amides is 1. The molecule has 0 fully saturated rings. The number of rotatable bonds is 4. The third-order valence-electron chi connectivity index (χ3n) is 4.16. The number of benzene rings is 2. The summed E-state index contributed by atoms with van der Waals surface area (Å²) in [4.78, 5) is 16.6. The predicted octanol–water partition coefficient (Wildman–Crippen LogP) is 4.63. The van der Waals surface area contributed by atoms with Gasteiger partial charge in [-0.3, -0.25) is 9.78 Å². The Morgan fingerprint density at radius 3 is 2.41 bits per heavy atom. The van der Waals surface area contributed by atoms with Gasteiger partial charge in [0, 0.05) is 11.8 Å². The van der Waals surface area contributed by atoms with Crippen LogP contribution in [0.5, 0.6) is 0 Å². The van der Waals surface area contributed by atoms with E-state index in [1.165, 1.54) is 36.5 Å². The fraction of sp³-hybridized carbons (Fsp3) is 0.0952. The van der Waals surface area contributed by atoms with Gasteiger partial charge in [0.1, 0.15) is 11.5 Å². The molecule has 4 nitrogen and oxygen atoms in total. The van der Waals surface area contributed by atoms with Crippen LogP contribution in [0.1, 0.15) is 38.8 Å². The maximum Gasteiger partial charge on any atom is 0.416 e. The lowest BCUT2D eigenvalue weighted by Crippen LogP contribution is -2.30. The average Bonchev–Trinajstić information content (AvgIpc) is 2.72. The van der Waals surface area contributed by atoms with E-state index in [9.17, 15) is 22.4 Å². The summed E-state index contributed by atoms with van der Waals surface area (Å²) < 4.78 is 52.9. The van der Waals surface area contributed by atoms with Crippen molar-refractivity contribution in [2.45, 2.75) is 12.2 Å². The van der Waals surface area contributed by atoms with Crippen LogP contribution in [0.3, 0.4) is 0 Å². The molecule has 0 bridgehead atoms. The Morgan fingerprint density at radius 1 is 1.07 bits per heavy atom. The Morgan fingerprint density at radius 2 is 1.79 bits per heavy atom. The summed E-state index contributed by atoms with van der Waals surface area (Å²) in [6, 6.07) is 13.2. The fourth-order valence-corrected chi connectivity index (χ4v) is 2.73. The molecule has 0 spiro atoms. The van der Waals surface area contributed by atoms with Crippen LogP contribution in [0.2, 0.25) is 0 Å². The first kappa shape index (κ1) is 20.0. The molecule has 1 amide bonds. The van der Waals surface area contributed by atoms with Gasteiger partial charge >= 0.3 is 6.18 Å². The highest BCUT2D eigenvalue weighted by Gasteiger charge is 2.31. The quantitative estimate of drug-likeness (QED) is 0.651. The van der Waals surface area contributed by atoms with Gasteiger partial charge in [0.15, 0.2) is 0 Å². The van der Waals surface area contributed by atoms with Crippen LogP contribution in [0, 0.1) is 17.1 Å². The highest BCUT2D eigenvalue weighted by Crippen LogP contribution is 2.31.